The minimum Gasteiger partial charge on any atom is -0.315 e. The van der Waals surface area contributed by atoms with E-state index in [0.717, 1.165) is 57.6 Å². The van der Waals surface area contributed by atoms with Crippen molar-refractivity contribution in [1.29, 1.82) is 0 Å². The minimum absolute atomic E-state index is 0.128. The van der Waals surface area contributed by atoms with Gasteiger partial charge in [0.15, 0.2) is 0 Å². The molecule has 0 amide bonds. The number of hydrogen-bond acceptors (Lipinski definition) is 4. The van der Waals surface area contributed by atoms with Crippen LogP contribution in [0.1, 0.15) is 109 Å². The molecule has 2 atom stereocenters. The second kappa shape index (κ2) is 19.5. The maximum absolute atomic E-state index is 4.03. The highest BCUT2D eigenvalue weighted by molar-refractivity contribution is 5.32. The first-order chi connectivity index (χ1) is 20.5. The van der Waals surface area contributed by atoms with Crippen molar-refractivity contribution in [2.75, 3.05) is 52.5 Å². The second-order valence-corrected chi connectivity index (χ2v) is 13.4. The molecule has 0 bridgehead atoms. The second-order valence-electron chi connectivity index (χ2n) is 13.4. The van der Waals surface area contributed by atoms with Crippen LogP contribution in [-0.4, -0.2) is 67.8 Å². The average molecular weight is 577 g/mol. The predicted molar refractivity (Wildman–Crippen MR) is 183 cm³/mol. The molecule has 3 rings (SSSR count). The molecule has 2 N–H and O–H groups in total. The van der Waals surface area contributed by atoms with E-state index in [-0.39, 0.29) is 5.54 Å². The molecule has 1 fully saturated rings. The molecular weight excluding hydrogens is 512 g/mol. The summed E-state index contributed by atoms with van der Waals surface area (Å²) in [6.45, 7) is 20.9. The average Bonchev–Trinajstić information content (AvgIpc) is 3.01. The first kappa shape index (κ1) is 34.8. The molecule has 236 valence electrons. The van der Waals surface area contributed by atoms with Gasteiger partial charge in [-0.3, -0.25) is 9.80 Å². The summed E-state index contributed by atoms with van der Waals surface area (Å²) < 4.78 is 0. The lowest BCUT2D eigenvalue weighted by Gasteiger charge is -2.48. The van der Waals surface area contributed by atoms with Crippen LogP contribution in [0.5, 0.6) is 0 Å². The molecule has 0 aromatic heterocycles. The Balaban J connectivity index is 1.54. The van der Waals surface area contributed by atoms with E-state index in [1.807, 2.05) is 0 Å². The van der Waals surface area contributed by atoms with Gasteiger partial charge < -0.3 is 10.6 Å². The normalized spacial score (nSPS) is 19.8. The van der Waals surface area contributed by atoms with E-state index in [4.69, 9.17) is 0 Å². The van der Waals surface area contributed by atoms with Crippen molar-refractivity contribution in [2.45, 2.75) is 104 Å². The Hall–Kier alpha value is -1.72. The summed E-state index contributed by atoms with van der Waals surface area (Å²) in [5.41, 5.74) is 2.95. The van der Waals surface area contributed by atoms with Gasteiger partial charge in [-0.15, -0.1) is 0 Å². The number of nitrogens with one attached hydrogen (secondary N) is 2. The molecule has 42 heavy (non-hydrogen) atoms. The van der Waals surface area contributed by atoms with Gasteiger partial charge >= 0.3 is 0 Å². The lowest BCUT2D eigenvalue weighted by Crippen LogP contribution is -2.65. The molecule has 4 nitrogen and oxygen atoms in total. The van der Waals surface area contributed by atoms with E-state index >= 15 is 0 Å². The minimum atomic E-state index is 0.128. The molecule has 0 saturated carbocycles. The molecule has 2 aromatic carbocycles. The summed E-state index contributed by atoms with van der Waals surface area (Å²) in [7, 11) is 0. The van der Waals surface area contributed by atoms with E-state index < -0.39 is 0 Å². The van der Waals surface area contributed by atoms with Crippen molar-refractivity contribution >= 4 is 0 Å². The number of rotatable bonds is 21. The van der Waals surface area contributed by atoms with Gasteiger partial charge in [0.1, 0.15) is 0 Å². The Labute approximate surface area is 260 Å². The Morgan fingerprint density at radius 2 is 1.17 bits per heavy atom. The van der Waals surface area contributed by atoms with Gasteiger partial charge in [-0.25, -0.2) is 0 Å². The van der Waals surface area contributed by atoms with Gasteiger partial charge in [-0.05, 0) is 55.7 Å². The van der Waals surface area contributed by atoms with Gasteiger partial charge in [0.2, 0.25) is 0 Å². The molecule has 0 aliphatic carbocycles. The Bertz CT molecular complexity index is 867. The number of hydrogen-bond donors (Lipinski definition) is 2. The van der Waals surface area contributed by atoms with Gasteiger partial charge in [0.25, 0.3) is 0 Å². The molecule has 4 heteroatoms. The largest absolute Gasteiger partial charge is 0.315 e. The zero-order chi connectivity index (χ0) is 30.0. The van der Waals surface area contributed by atoms with Crippen LogP contribution in [0.3, 0.4) is 0 Å². The summed E-state index contributed by atoms with van der Waals surface area (Å²) >= 11 is 0. The zero-order valence-corrected chi connectivity index (χ0v) is 27.9. The van der Waals surface area contributed by atoms with Gasteiger partial charge in [0.05, 0.1) is 6.67 Å². The standard InChI is InChI=1S/C38H64N4/c1-6-10-18-33(8-3)28-41-30-38(5,31-42(32-41)29-34(9-4)19-11-7-2)40-27-26-39-25-24-37(35-20-14-12-15-21-35)36-22-16-13-17-23-36/h12-17,20-23,33-34,37,39-40H,6-11,18-19,24-32H2,1-5H3. The van der Waals surface area contributed by atoms with Crippen LogP contribution in [0.25, 0.3) is 0 Å². The lowest BCUT2D eigenvalue weighted by molar-refractivity contribution is 0.00520. The van der Waals surface area contributed by atoms with Crippen molar-refractivity contribution in [1.82, 2.24) is 20.4 Å². The first-order valence-corrected chi connectivity index (χ1v) is 17.5. The predicted octanol–water partition coefficient (Wildman–Crippen LogP) is 8.15. The van der Waals surface area contributed by atoms with E-state index in [2.05, 4.69) is 116 Å². The number of unbranched alkanes of at least 4 members (excludes halogenated alkanes) is 2. The quantitative estimate of drug-likeness (QED) is 0.147. The number of benzene rings is 2. The van der Waals surface area contributed by atoms with Crippen LogP contribution >= 0.6 is 0 Å². The molecule has 2 aromatic rings. The van der Waals surface area contributed by atoms with Crippen LogP contribution in [0.4, 0.5) is 0 Å². The summed E-state index contributed by atoms with van der Waals surface area (Å²) in [4.78, 5) is 5.56. The maximum Gasteiger partial charge on any atom is 0.0507 e. The molecule has 2 unspecified atom stereocenters. The van der Waals surface area contributed by atoms with E-state index in [1.54, 1.807) is 0 Å². The monoisotopic (exact) mass is 577 g/mol. The van der Waals surface area contributed by atoms with E-state index in [9.17, 15) is 0 Å². The lowest BCUT2D eigenvalue weighted by atomic mass is 9.88. The van der Waals surface area contributed by atoms with Crippen molar-refractivity contribution in [3.05, 3.63) is 71.8 Å². The van der Waals surface area contributed by atoms with Crippen molar-refractivity contribution in [3.8, 4) is 0 Å². The van der Waals surface area contributed by atoms with Gasteiger partial charge in [0, 0.05) is 50.7 Å². The maximum atomic E-state index is 4.03. The summed E-state index contributed by atoms with van der Waals surface area (Å²) in [5, 5.41) is 7.81. The van der Waals surface area contributed by atoms with E-state index in [0.29, 0.717) is 5.92 Å². The molecule has 1 saturated heterocycles. The van der Waals surface area contributed by atoms with Crippen LogP contribution in [-0.2, 0) is 0 Å². The highest BCUT2D eigenvalue weighted by Crippen LogP contribution is 2.27. The van der Waals surface area contributed by atoms with Crippen molar-refractivity contribution in [3.63, 3.8) is 0 Å². The third-order valence-electron chi connectivity index (χ3n) is 9.53. The smallest absolute Gasteiger partial charge is 0.0507 e. The molecule has 1 aliphatic rings. The molecular formula is C38H64N4. The molecule has 0 spiro atoms. The summed E-state index contributed by atoms with van der Waals surface area (Å²) in [6, 6.07) is 22.0. The Kier molecular flexibility index (Phi) is 16.2. The SMILES string of the molecule is CCCCC(CC)CN1CN(CC(CC)CCCC)CC(C)(NCCNCCC(c2ccccc2)c2ccccc2)C1. The van der Waals surface area contributed by atoms with Crippen LogP contribution < -0.4 is 10.6 Å². The van der Waals surface area contributed by atoms with Gasteiger partial charge in [-0.2, -0.15) is 0 Å². The third-order valence-corrected chi connectivity index (χ3v) is 9.53. The fourth-order valence-corrected chi connectivity index (χ4v) is 7.06. The van der Waals surface area contributed by atoms with E-state index in [1.165, 1.54) is 75.6 Å². The summed E-state index contributed by atoms with van der Waals surface area (Å²) in [6.07, 6.45) is 11.8. The fourth-order valence-electron chi connectivity index (χ4n) is 7.06. The molecule has 1 heterocycles. The molecule has 1 aliphatic heterocycles. The first-order valence-electron chi connectivity index (χ1n) is 17.5. The highest BCUT2D eigenvalue weighted by atomic mass is 15.4. The zero-order valence-electron chi connectivity index (χ0n) is 27.9. The summed E-state index contributed by atoms with van der Waals surface area (Å²) in [5.74, 6) is 2.07. The van der Waals surface area contributed by atoms with Crippen molar-refractivity contribution in [2.24, 2.45) is 11.8 Å². The van der Waals surface area contributed by atoms with Crippen LogP contribution in [0.2, 0.25) is 0 Å². The topological polar surface area (TPSA) is 30.5 Å². The Morgan fingerprint density at radius 1 is 0.667 bits per heavy atom. The van der Waals surface area contributed by atoms with Gasteiger partial charge in [-0.1, -0.05) is 127 Å². The highest BCUT2D eigenvalue weighted by Gasteiger charge is 2.35. The molecule has 0 radical (unpaired) electrons. The fraction of sp³-hybridized carbons (Fsp3) is 0.684. The number of nitrogens with zero attached hydrogens (tertiary/aromatic N) is 2. The Morgan fingerprint density at radius 3 is 1.62 bits per heavy atom. The van der Waals surface area contributed by atoms with Crippen LogP contribution in [0, 0.1) is 11.8 Å². The third kappa shape index (κ3) is 12.1. The van der Waals surface area contributed by atoms with Crippen LogP contribution in [0.15, 0.2) is 60.7 Å². The van der Waals surface area contributed by atoms with Crippen molar-refractivity contribution < 1.29 is 0 Å².